The molecule has 1 unspecified atom stereocenters. The van der Waals surface area contributed by atoms with Gasteiger partial charge in [0.15, 0.2) is 0 Å². The van der Waals surface area contributed by atoms with E-state index in [0.717, 1.165) is 6.07 Å². The van der Waals surface area contributed by atoms with E-state index in [-0.39, 0.29) is 29.2 Å². The van der Waals surface area contributed by atoms with Crippen molar-refractivity contribution in [2.24, 2.45) is 5.92 Å². The number of benzene rings is 1. The second-order valence-corrected chi connectivity index (χ2v) is 4.54. The molecule has 0 fully saturated rings. The first-order valence-corrected chi connectivity index (χ1v) is 5.70. The molecule has 0 aliphatic rings. The first-order chi connectivity index (χ1) is 7.95. The Morgan fingerprint density at radius 1 is 1.53 bits per heavy atom. The minimum atomic E-state index is -0.635. The van der Waals surface area contributed by atoms with E-state index in [1.54, 1.807) is 0 Å². The summed E-state index contributed by atoms with van der Waals surface area (Å²) in [7, 11) is 0. The zero-order chi connectivity index (χ0) is 13.0. The van der Waals surface area contributed by atoms with Gasteiger partial charge in [-0.3, -0.25) is 4.79 Å². The van der Waals surface area contributed by atoms with Crippen molar-refractivity contribution in [1.82, 2.24) is 5.32 Å². The fourth-order valence-electron chi connectivity index (χ4n) is 1.31. The van der Waals surface area contributed by atoms with Gasteiger partial charge in [0.1, 0.15) is 5.82 Å². The molecule has 0 aromatic heterocycles. The molecular weight excluding hydrogens is 245 g/mol. The lowest BCUT2D eigenvalue weighted by molar-refractivity contribution is 0.0896. The first kappa shape index (κ1) is 13.9. The molecule has 17 heavy (non-hydrogen) atoms. The van der Waals surface area contributed by atoms with Crippen LogP contribution >= 0.6 is 11.6 Å². The molecule has 0 heterocycles. The predicted octanol–water partition coefficient (Wildman–Crippen LogP) is 2.23. The molecule has 1 aromatic carbocycles. The van der Waals surface area contributed by atoms with Gasteiger partial charge in [-0.2, -0.15) is 0 Å². The number of aliphatic hydroxyl groups is 1. The zero-order valence-electron chi connectivity index (χ0n) is 9.71. The Morgan fingerprint density at radius 2 is 2.18 bits per heavy atom. The van der Waals surface area contributed by atoms with Crippen LogP contribution in [0.3, 0.4) is 0 Å². The molecular formula is C12H15ClFNO2. The van der Waals surface area contributed by atoms with Crippen LogP contribution in [0.4, 0.5) is 4.39 Å². The van der Waals surface area contributed by atoms with Crippen molar-refractivity contribution in [3.63, 3.8) is 0 Å². The van der Waals surface area contributed by atoms with Gasteiger partial charge in [0.2, 0.25) is 0 Å². The summed E-state index contributed by atoms with van der Waals surface area (Å²) < 4.78 is 13.2. The summed E-state index contributed by atoms with van der Waals surface area (Å²) in [6, 6.07) is 3.50. The molecule has 0 aliphatic carbocycles. The van der Waals surface area contributed by atoms with Crippen molar-refractivity contribution < 1.29 is 14.3 Å². The maximum atomic E-state index is 13.2. The maximum absolute atomic E-state index is 13.2. The van der Waals surface area contributed by atoms with Crippen molar-refractivity contribution in [3.8, 4) is 0 Å². The highest BCUT2D eigenvalue weighted by Gasteiger charge is 2.16. The normalized spacial score (nSPS) is 12.6. The molecule has 3 nitrogen and oxygen atoms in total. The van der Waals surface area contributed by atoms with E-state index in [9.17, 15) is 9.18 Å². The van der Waals surface area contributed by atoms with Gasteiger partial charge in [-0.1, -0.05) is 25.4 Å². The number of nitrogens with one attached hydrogen (secondary N) is 1. The lowest BCUT2D eigenvalue weighted by atomic mass is 10.0. The Hall–Kier alpha value is -1.13. The van der Waals surface area contributed by atoms with Gasteiger partial charge < -0.3 is 10.4 Å². The first-order valence-electron chi connectivity index (χ1n) is 5.32. The zero-order valence-corrected chi connectivity index (χ0v) is 10.5. The largest absolute Gasteiger partial charge is 0.394 e. The molecule has 0 radical (unpaired) electrons. The maximum Gasteiger partial charge on any atom is 0.251 e. The number of rotatable bonds is 4. The molecule has 5 heteroatoms. The lowest BCUT2D eigenvalue weighted by Crippen LogP contribution is -2.41. The van der Waals surface area contributed by atoms with Gasteiger partial charge in [-0.05, 0) is 24.1 Å². The third-order valence-electron chi connectivity index (χ3n) is 2.50. The van der Waals surface area contributed by atoms with E-state index in [2.05, 4.69) is 5.32 Å². The number of hydrogen-bond donors (Lipinski definition) is 2. The minimum absolute atomic E-state index is 0.0240. The molecule has 0 spiro atoms. The van der Waals surface area contributed by atoms with Crippen LogP contribution in [0, 0.1) is 11.7 Å². The van der Waals surface area contributed by atoms with Crippen LogP contribution in [-0.4, -0.2) is 23.7 Å². The fraction of sp³-hybridized carbons (Fsp3) is 0.417. The SMILES string of the molecule is CC(C)C(CO)NC(=O)c1ccc(Cl)c(F)c1. The van der Waals surface area contributed by atoms with Crippen molar-refractivity contribution in [2.75, 3.05) is 6.61 Å². The Balaban J connectivity index is 2.79. The predicted molar refractivity (Wildman–Crippen MR) is 64.6 cm³/mol. The molecule has 0 bridgehead atoms. The van der Waals surface area contributed by atoms with Gasteiger partial charge in [0.05, 0.1) is 17.7 Å². The van der Waals surface area contributed by atoms with E-state index in [4.69, 9.17) is 16.7 Å². The third-order valence-corrected chi connectivity index (χ3v) is 2.81. The van der Waals surface area contributed by atoms with Gasteiger partial charge in [0.25, 0.3) is 5.91 Å². The molecule has 1 rings (SSSR count). The average molecular weight is 260 g/mol. The summed E-state index contributed by atoms with van der Waals surface area (Å²) in [5.74, 6) is -0.959. The van der Waals surface area contributed by atoms with Crippen molar-refractivity contribution in [2.45, 2.75) is 19.9 Å². The molecule has 2 N–H and O–H groups in total. The van der Waals surface area contributed by atoms with Gasteiger partial charge in [-0.25, -0.2) is 4.39 Å². The summed E-state index contributed by atoms with van der Waals surface area (Å²) in [4.78, 5) is 11.7. The Kier molecular flexibility index (Phi) is 4.90. The summed E-state index contributed by atoms with van der Waals surface area (Å²) >= 11 is 5.52. The number of halogens is 2. The Labute approximate surface area is 105 Å². The van der Waals surface area contributed by atoms with Crippen molar-refractivity contribution in [1.29, 1.82) is 0 Å². The Morgan fingerprint density at radius 3 is 2.65 bits per heavy atom. The van der Waals surface area contributed by atoms with Gasteiger partial charge >= 0.3 is 0 Å². The lowest BCUT2D eigenvalue weighted by Gasteiger charge is -2.19. The number of carbonyl (C=O) groups is 1. The molecule has 1 amide bonds. The van der Waals surface area contributed by atoms with E-state index in [1.165, 1.54) is 12.1 Å². The number of carbonyl (C=O) groups excluding carboxylic acids is 1. The van der Waals surface area contributed by atoms with Crippen LogP contribution in [0.25, 0.3) is 0 Å². The van der Waals surface area contributed by atoms with Crippen molar-refractivity contribution >= 4 is 17.5 Å². The minimum Gasteiger partial charge on any atom is -0.394 e. The van der Waals surface area contributed by atoms with Crippen LogP contribution in [0.1, 0.15) is 24.2 Å². The second kappa shape index (κ2) is 5.98. The number of aliphatic hydroxyl groups excluding tert-OH is 1. The van der Waals surface area contributed by atoms with Crippen LogP contribution in [-0.2, 0) is 0 Å². The molecule has 94 valence electrons. The van der Waals surface area contributed by atoms with Gasteiger partial charge in [0, 0.05) is 5.56 Å². The molecule has 0 saturated heterocycles. The molecule has 0 aliphatic heterocycles. The standard InChI is InChI=1S/C12H15ClFNO2/c1-7(2)11(6-16)15-12(17)8-3-4-9(13)10(14)5-8/h3-5,7,11,16H,6H2,1-2H3,(H,15,17). The quantitative estimate of drug-likeness (QED) is 0.871. The monoisotopic (exact) mass is 259 g/mol. The summed E-state index contributed by atoms with van der Waals surface area (Å²) in [5, 5.41) is 11.7. The van der Waals surface area contributed by atoms with Crippen LogP contribution in [0.15, 0.2) is 18.2 Å². The summed E-state index contributed by atoms with van der Waals surface area (Å²) in [6.07, 6.45) is 0. The van der Waals surface area contributed by atoms with E-state index >= 15 is 0 Å². The molecule has 0 saturated carbocycles. The van der Waals surface area contributed by atoms with Gasteiger partial charge in [-0.15, -0.1) is 0 Å². The van der Waals surface area contributed by atoms with E-state index in [0.29, 0.717) is 0 Å². The van der Waals surface area contributed by atoms with E-state index < -0.39 is 11.7 Å². The highest BCUT2D eigenvalue weighted by molar-refractivity contribution is 6.30. The Bertz CT molecular complexity index is 409. The average Bonchev–Trinajstić information content (AvgIpc) is 2.28. The van der Waals surface area contributed by atoms with Crippen molar-refractivity contribution in [3.05, 3.63) is 34.6 Å². The molecule has 1 atom stereocenters. The number of amides is 1. The fourth-order valence-corrected chi connectivity index (χ4v) is 1.43. The van der Waals surface area contributed by atoms with Crippen LogP contribution < -0.4 is 5.32 Å². The third kappa shape index (κ3) is 3.68. The number of hydrogen-bond acceptors (Lipinski definition) is 2. The van der Waals surface area contributed by atoms with E-state index in [1.807, 2.05) is 13.8 Å². The smallest absolute Gasteiger partial charge is 0.251 e. The van der Waals surface area contributed by atoms with Crippen LogP contribution in [0.2, 0.25) is 5.02 Å². The highest BCUT2D eigenvalue weighted by Crippen LogP contribution is 2.15. The summed E-state index contributed by atoms with van der Waals surface area (Å²) in [6.45, 7) is 3.60. The topological polar surface area (TPSA) is 49.3 Å². The summed E-state index contributed by atoms with van der Waals surface area (Å²) in [5.41, 5.74) is 0.186. The second-order valence-electron chi connectivity index (χ2n) is 4.14. The highest BCUT2D eigenvalue weighted by atomic mass is 35.5. The van der Waals surface area contributed by atoms with Crippen LogP contribution in [0.5, 0.6) is 0 Å². The molecule has 1 aromatic rings.